The third-order valence-corrected chi connectivity index (χ3v) is 5.26. The topological polar surface area (TPSA) is 62.6 Å². The van der Waals surface area contributed by atoms with Crippen molar-refractivity contribution in [2.24, 2.45) is 0 Å². The molecule has 2 unspecified atom stereocenters. The molecule has 1 saturated heterocycles. The highest BCUT2D eigenvalue weighted by molar-refractivity contribution is 5.76. The van der Waals surface area contributed by atoms with Gasteiger partial charge in [-0.1, -0.05) is 54.1 Å². The van der Waals surface area contributed by atoms with Crippen LogP contribution in [0.3, 0.4) is 0 Å². The molecule has 2 aliphatic heterocycles. The highest BCUT2D eigenvalue weighted by atomic mass is 16.6. The van der Waals surface area contributed by atoms with Gasteiger partial charge in [-0.05, 0) is 36.1 Å². The predicted octanol–water partition coefficient (Wildman–Crippen LogP) is 4.06. The quantitative estimate of drug-likeness (QED) is 0.813. The monoisotopic (exact) mass is 374 g/mol. The molecule has 1 fully saturated rings. The van der Waals surface area contributed by atoms with E-state index in [0.717, 1.165) is 22.3 Å². The number of hydrogen-bond donors (Lipinski definition) is 0. The smallest absolute Gasteiger partial charge is 0.411 e. The first kappa shape index (κ1) is 18.3. The van der Waals surface area contributed by atoms with Gasteiger partial charge in [0.15, 0.2) is 0 Å². The highest BCUT2D eigenvalue weighted by Gasteiger charge is 2.39. The molecule has 2 bridgehead atoms. The first-order valence-electron chi connectivity index (χ1n) is 9.44. The Kier molecular flexibility index (Phi) is 5.14. The molecule has 2 aromatic carbocycles. The van der Waals surface area contributed by atoms with E-state index in [-0.39, 0.29) is 24.8 Å². The molecule has 0 N–H and O–H groups in total. The van der Waals surface area contributed by atoms with Crippen LogP contribution in [0.5, 0.6) is 0 Å². The Morgan fingerprint density at radius 1 is 1.25 bits per heavy atom. The molecule has 0 spiro atoms. The molecule has 2 atom stereocenters. The summed E-state index contributed by atoms with van der Waals surface area (Å²) in [6.07, 6.45) is 2.38. The normalized spacial score (nSPS) is 20.9. The van der Waals surface area contributed by atoms with Gasteiger partial charge >= 0.3 is 6.09 Å². The maximum absolute atomic E-state index is 12.8. The van der Waals surface area contributed by atoms with Crippen molar-refractivity contribution in [3.05, 3.63) is 76.9 Å². The average molecular weight is 374 g/mol. The Morgan fingerprint density at radius 2 is 2.07 bits per heavy atom. The van der Waals surface area contributed by atoms with Crippen LogP contribution in [0.15, 0.2) is 54.6 Å². The summed E-state index contributed by atoms with van der Waals surface area (Å²) in [5, 5.41) is 9.47. The lowest BCUT2D eigenvalue weighted by Crippen LogP contribution is -2.56. The number of fused-ring (bicyclic) bond motifs is 2. The zero-order valence-electron chi connectivity index (χ0n) is 15.8. The van der Waals surface area contributed by atoms with E-state index in [9.17, 15) is 10.1 Å². The van der Waals surface area contributed by atoms with Crippen LogP contribution in [0.25, 0.3) is 5.57 Å². The van der Waals surface area contributed by atoms with E-state index in [2.05, 4.69) is 12.1 Å². The minimum atomic E-state index is -0.317. The summed E-state index contributed by atoms with van der Waals surface area (Å²) < 4.78 is 11.2. The average Bonchev–Trinajstić information content (AvgIpc) is 2.71. The molecule has 142 valence electrons. The second-order valence-corrected chi connectivity index (χ2v) is 7.26. The third kappa shape index (κ3) is 3.64. The molecule has 0 aliphatic carbocycles. The number of ether oxygens (including phenoxy) is 2. The van der Waals surface area contributed by atoms with Gasteiger partial charge in [0.2, 0.25) is 0 Å². The van der Waals surface area contributed by atoms with Gasteiger partial charge < -0.3 is 9.47 Å². The van der Waals surface area contributed by atoms with Crippen LogP contribution >= 0.6 is 0 Å². The van der Waals surface area contributed by atoms with Crippen molar-refractivity contribution in [1.29, 1.82) is 5.26 Å². The van der Waals surface area contributed by atoms with Crippen molar-refractivity contribution >= 4 is 11.7 Å². The fourth-order valence-corrected chi connectivity index (χ4v) is 3.90. The van der Waals surface area contributed by atoms with E-state index in [4.69, 9.17) is 9.47 Å². The first-order valence-corrected chi connectivity index (χ1v) is 9.44. The Labute approximate surface area is 164 Å². The van der Waals surface area contributed by atoms with Crippen molar-refractivity contribution in [1.82, 2.24) is 4.90 Å². The Balaban J connectivity index is 1.55. The molecule has 1 amide bonds. The van der Waals surface area contributed by atoms with Crippen LogP contribution in [-0.4, -0.2) is 36.3 Å². The minimum absolute atomic E-state index is 0.0888. The number of aryl methyl sites for hydroxylation is 1. The number of benzene rings is 2. The molecule has 0 aromatic heterocycles. The molecule has 2 aromatic rings. The summed E-state index contributed by atoms with van der Waals surface area (Å²) >= 11 is 0. The zero-order valence-corrected chi connectivity index (χ0v) is 15.8. The van der Waals surface area contributed by atoms with Crippen molar-refractivity contribution in [2.75, 3.05) is 13.2 Å². The SMILES string of the molecule is Cc1ccc(C#N)c(C2=CC3COCC(C2)N3C(=O)OCc2ccccc2)c1. The lowest BCUT2D eigenvalue weighted by Gasteiger charge is -2.43. The summed E-state index contributed by atoms with van der Waals surface area (Å²) in [7, 11) is 0. The molecule has 0 saturated carbocycles. The number of nitrogens with zero attached hydrogens (tertiary/aromatic N) is 2. The van der Waals surface area contributed by atoms with Gasteiger partial charge in [0.05, 0.1) is 36.9 Å². The lowest BCUT2D eigenvalue weighted by atomic mass is 9.87. The predicted molar refractivity (Wildman–Crippen MR) is 105 cm³/mol. The van der Waals surface area contributed by atoms with Crippen LogP contribution in [0.1, 0.15) is 28.7 Å². The van der Waals surface area contributed by atoms with E-state index in [0.29, 0.717) is 25.2 Å². The molecular formula is C23H22N2O3. The standard InChI is InChI=1S/C23H22N2O3/c1-16-7-8-18(12-24)22(9-16)19-10-20-14-27-15-21(11-19)25(20)23(26)28-13-17-5-3-2-4-6-17/h2-10,20-21H,11,13-15H2,1H3. The van der Waals surface area contributed by atoms with E-state index in [1.165, 1.54) is 0 Å². The van der Waals surface area contributed by atoms with Crippen LogP contribution in [0.2, 0.25) is 0 Å². The van der Waals surface area contributed by atoms with Crippen LogP contribution in [0, 0.1) is 18.3 Å². The van der Waals surface area contributed by atoms with Gasteiger partial charge in [0.1, 0.15) is 6.61 Å². The molecule has 0 radical (unpaired) electrons. The largest absolute Gasteiger partial charge is 0.445 e. The molecule has 2 heterocycles. The zero-order chi connectivity index (χ0) is 19.5. The van der Waals surface area contributed by atoms with Crippen LogP contribution < -0.4 is 0 Å². The fourth-order valence-electron chi connectivity index (χ4n) is 3.90. The maximum Gasteiger partial charge on any atom is 0.411 e. The molecule has 2 aliphatic rings. The number of nitriles is 1. The van der Waals surface area contributed by atoms with E-state index >= 15 is 0 Å². The highest BCUT2D eigenvalue weighted by Crippen LogP contribution is 2.34. The summed E-state index contributed by atoms with van der Waals surface area (Å²) in [6, 6.07) is 17.5. The lowest BCUT2D eigenvalue weighted by molar-refractivity contribution is -0.0342. The van der Waals surface area contributed by atoms with Crippen molar-refractivity contribution in [3.8, 4) is 6.07 Å². The number of amides is 1. The molecule has 5 heteroatoms. The second-order valence-electron chi connectivity index (χ2n) is 7.26. The molecule has 28 heavy (non-hydrogen) atoms. The summed E-state index contributed by atoms with van der Waals surface area (Å²) in [5.41, 5.74) is 4.79. The van der Waals surface area contributed by atoms with Gasteiger partial charge in [-0.2, -0.15) is 5.26 Å². The van der Waals surface area contributed by atoms with Crippen LogP contribution in [0.4, 0.5) is 4.79 Å². The molecular weight excluding hydrogens is 352 g/mol. The van der Waals surface area contributed by atoms with Gasteiger partial charge in [-0.25, -0.2) is 4.79 Å². The number of carbonyl (C=O) groups excluding carboxylic acids is 1. The summed E-state index contributed by atoms with van der Waals surface area (Å²) in [4.78, 5) is 14.6. The third-order valence-electron chi connectivity index (χ3n) is 5.26. The molecule has 4 rings (SSSR count). The van der Waals surface area contributed by atoms with Gasteiger partial charge in [0.25, 0.3) is 0 Å². The summed E-state index contributed by atoms with van der Waals surface area (Å²) in [5.74, 6) is 0. The Bertz CT molecular complexity index is 946. The van der Waals surface area contributed by atoms with E-state index in [1.807, 2.05) is 55.5 Å². The van der Waals surface area contributed by atoms with Crippen molar-refractivity contribution in [3.63, 3.8) is 0 Å². The van der Waals surface area contributed by atoms with E-state index < -0.39 is 0 Å². The minimum Gasteiger partial charge on any atom is -0.445 e. The van der Waals surface area contributed by atoms with Gasteiger partial charge in [-0.3, -0.25) is 4.90 Å². The first-order chi connectivity index (χ1) is 13.7. The number of morpholine rings is 1. The van der Waals surface area contributed by atoms with Crippen molar-refractivity contribution < 1.29 is 14.3 Å². The number of hydrogen-bond acceptors (Lipinski definition) is 4. The van der Waals surface area contributed by atoms with Gasteiger partial charge in [0, 0.05) is 0 Å². The Morgan fingerprint density at radius 3 is 2.82 bits per heavy atom. The fraction of sp³-hybridized carbons (Fsp3) is 0.304. The molecule has 5 nitrogen and oxygen atoms in total. The van der Waals surface area contributed by atoms with Crippen LogP contribution in [-0.2, 0) is 16.1 Å². The Hall–Kier alpha value is -3.10. The summed E-state index contributed by atoms with van der Waals surface area (Å²) in [6.45, 7) is 3.19. The number of rotatable bonds is 3. The maximum atomic E-state index is 12.8. The van der Waals surface area contributed by atoms with Gasteiger partial charge in [-0.15, -0.1) is 0 Å². The second kappa shape index (κ2) is 7.87. The van der Waals surface area contributed by atoms with Crippen molar-refractivity contribution in [2.45, 2.75) is 32.0 Å². The number of carbonyl (C=O) groups is 1. The van der Waals surface area contributed by atoms with E-state index in [1.54, 1.807) is 4.90 Å².